The van der Waals surface area contributed by atoms with E-state index in [1.807, 2.05) is 6.26 Å². The van der Waals surface area contributed by atoms with Crippen LogP contribution in [0.4, 0.5) is 0 Å². The van der Waals surface area contributed by atoms with Gasteiger partial charge in [0.15, 0.2) is 0 Å². The van der Waals surface area contributed by atoms with Crippen LogP contribution in [-0.4, -0.2) is 6.61 Å². The summed E-state index contributed by atoms with van der Waals surface area (Å²) in [6.07, 6.45) is 20.0. The van der Waals surface area contributed by atoms with Gasteiger partial charge < -0.3 is 4.74 Å². The molecular weight excluding hydrogens is 208 g/mol. The standard InChI is InChI=1S/C16H30O/c1-3-5-7-9-10-11-12-14-16-17-15-13-8-6-4-2/h8,13-14,16H,3-7,9-12,15H2,1-2H3/b13-8+,16-14-. The fourth-order valence-corrected chi connectivity index (χ4v) is 1.64. The van der Waals surface area contributed by atoms with E-state index in [1.165, 1.54) is 44.9 Å². The van der Waals surface area contributed by atoms with Crippen LogP contribution >= 0.6 is 0 Å². The highest BCUT2D eigenvalue weighted by molar-refractivity contribution is 4.82. The maximum Gasteiger partial charge on any atom is 0.105 e. The predicted octanol–water partition coefficient (Wildman–Crippen LogP) is 5.62. The highest BCUT2D eigenvalue weighted by atomic mass is 16.5. The molecule has 0 aliphatic heterocycles. The molecule has 0 spiro atoms. The second kappa shape index (κ2) is 15.3. The molecule has 17 heavy (non-hydrogen) atoms. The lowest BCUT2D eigenvalue weighted by atomic mass is 10.1. The summed E-state index contributed by atoms with van der Waals surface area (Å²) >= 11 is 0. The van der Waals surface area contributed by atoms with E-state index in [2.05, 4.69) is 32.1 Å². The molecule has 1 heteroatoms. The molecule has 0 aliphatic carbocycles. The Morgan fingerprint density at radius 3 is 2.24 bits per heavy atom. The molecule has 0 radical (unpaired) electrons. The quantitative estimate of drug-likeness (QED) is 0.243. The number of unbranched alkanes of at least 4 members (excludes halogenated alkanes) is 7. The molecule has 0 saturated heterocycles. The predicted molar refractivity (Wildman–Crippen MR) is 77.1 cm³/mol. The number of ether oxygens (including phenoxy) is 1. The molecule has 0 amide bonds. The first-order valence-corrected chi connectivity index (χ1v) is 7.33. The third kappa shape index (κ3) is 15.3. The molecule has 0 bridgehead atoms. The molecule has 0 N–H and O–H groups in total. The van der Waals surface area contributed by atoms with Crippen molar-refractivity contribution in [3.8, 4) is 0 Å². The summed E-state index contributed by atoms with van der Waals surface area (Å²) in [6.45, 7) is 5.16. The van der Waals surface area contributed by atoms with E-state index in [1.54, 1.807) is 0 Å². The zero-order valence-electron chi connectivity index (χ0n) is 11.8. The average molecular weight is 238 g/mol. The van der Waals surface area contributed by atoms with Gasteiger partial charge >= 0.3 is 0 Å². The van der Waals surface area contributed by atoms with E-state index < -0.39 is 0 Å². The first kappa shape index (κ1) is 16.3. The topological polar surface area (TPSA) is 9.23 Å². The summed E-state index contributed by atoms with van der Waals surface area (Å²) in [5.74, 6) is 0. The van der Waals surface area contributed by atoms with Gasteiger partial charge in [-0.1, -0.05) is 64.5 Å². The second-order valence-electron chi connectivity index (χ2n) is 4.52. The summed E-state index contributed by atoms with van der Waals surface area (Å²) in [7, 11) is 0. The monoisotopic (exact) mass is 238 g/mol. The third-order valence-corrected chi connectivity index (χ3v) is 2.73. The Balaban J connectivity index is 3.09. The summed E-state index contributed by atoms with van der Waals surface area (Å²) in [5.41, 5.74) is 0. The van der Waals surface area contributed by atoms with Crippen molar-refractivity contribution >= 4 is 0 Å². The SMILES string of the molecule is CCC/C=C/CO/C=C\CCCCCCCC. The van der Waals surface area contributed by atoms with Gasteiger partial charge in [0.05, 0.1) is 6.26 Å². The van der Waals surface area contributed by atoms with Gasteiger partial charge in [0.1, 0.15) is 6.61 Å². The van der Waals surface area contributed by atoms with Gasteiger partial charge in [0.2, 0.25) is 0 Å². The van der Waals surface area contributed by atoms with Crippen molar-refractivity contribution in [2.24, 2.45) is 0 Å². The lowest BCUT2D eigenvalue weighted by Crippen LogP contribution is -1.81. The summed E-state index contributed by atoms with van der Waals surface area (Å²) < 4.78 is 5.36. The second-order valence-corrected chi connectivity index (χ2v) is 4.52. The minimum Gasteiger partial charge on any atom is -0.497 e. The van der Waals surface area contributed by atoms with Gasteiger partial charge in [0.25, 0.3) is 0 Å². The zero-order chi connectivity index (χ0) is 12.6. The van der Waals surface area contributed by atoms with E-state index in [4.69, 9.17) is 4.74 Å². The lowest BCUT2D eigenvalue weighted by Gasteiger charge is -1.98. The molecule has 0 heterocycles. The lowest BCUT2D eigenvalue weighted by molar-refractivity contribution is 0.288. The first-order chi connectivity index (χ1) is 8.41. The van der Waals surface area contributed by atoms with E-state index in [0.717, 1.165) is 12.8 Å². The van der Waals surface area contributed by atoms with Gasteiger partial charge in [-0.25, -0.2) is 0 Å². The number of rotatable bonds is 12. The van der Waals surface area contributed by atoms with Gasteiger partial charge in [-0.3, -0.25) is 0 Å². The van der Waals surface area contributed by atoms with Crippen LogP contribution in [0.15, 0.2) is 24.5 Å². The molecule has 0 unspecified atom stereocenters. The number of hydrogen-bond acceptors (Lipinski definition) is 1. The van der Waals surface area contributed by atoms with Crippen molar-refractivity contribution < 1.29 is 4.74 Å². The van der Waals surface area contributed by atoms with Gasteiger partial charge in [-0.15, -0.1) is 0 Å². The molecule has 0 saturated carbocycles. The van der Waals surface area contributed by atoms with Crippen LogP contribution in [0, 0.1) is 0 Å². The first-order valence-electron chi connectivity index (χ1n) is 7.33. The van der Waals surface area contributed by atoms with Crippen LogP contribution in [0.5, 0.6) is 0 Å². The van der Waals surface area contributed by atoms with Gasteiger partial charge in [-0.2, -0.15) is 0 Å². The molecular formula is C16H30O. The summed E-state index contributed by atoms with van der Waals surface area (Å²) in [5, 5.41) is 0. The molecule has 0 aromatic rings. The van der Waals surface area contributed by atoms with Crippen molar-refractivity contribution in [2.75, 3.05) is 6.61 Å². The van der Waals surface area contributed by atoms with E-state index in [9.17, 15) is 0 Å². The van der Waals surface area contributed by atoms with Crippen molar-refractivity contribution in [3.05, 3.63) is 24.5 Å². The smallest absolute Gasteiger partial charge is 0.105 e. The molecule has 1 nitrogen and oxygen atoms in total. The van der Waals surface area contributed by atoms with Gasteiger partial charge in [-0.05, 0) is 25.3 Å². The summed E-state index contributed by atoms with van der Waals surface area (Å²) in [6, 6.07) is 0. The van der Waals surface area contributed by atoms with Crippen LogP contribution in [0.3, 0.4) is 0 Å². The van der Waals surface area contributed by atoms with Crippen LogP contribution in [-0.2, 0) is 4.74 Å². The van der Waals surface area contributed by atoms with Crippen LogP contribution in [0.1, 0.15) is 71.6 Å². The molecule has 100 valence electrons. The van der Waals surface area contributed by atoms with E-state index >= 15 is 0 Å². The van der Waals surface area contributed by atoms with Crippen LogP contribution in [0.25, 0.3) is 0 Å². The maximum absolute atomic E-state index is 5.36. The van der Waals surface area contributed by atoms with Crippen molar-refractivity contribution in [1.82, 2.24) is 0 Å². The Labute approximate surface area is 108 Å². The normalized spacial score (nSPS) is 11.6. The fourth-order valence-electron chi connectivity index (χ4n) is 1.64. The van der Waals surface area contributed by atoms with Crippen molar-refractivity contribution in [1.29, 1.82) is 0 Å². The molecule has 0 aliphatic rings. The van der Waals surface area contributed by atoms with Crippen molar-refractivity contribution in [2.45, 2.75) is 71.6 Å². The van der Waals surface area contributed by atoms with Crippen LogP contribution < -0.4 is 0 Å². The average Bonchev–Trinajstić information content (AvgIpc) is 2.35. The third-order valence-electron chi connectivity index (χ3n) is 2.73. The molecule has 0 aromatic heterocycles. The summed E-state index contributed by atoms with van der Waals surface area (Å²) in [4.78, 5) is 0. The van der Waals surface area contributed by atoms with Crippen molar-refractivity contribution in [3.63, 3.8) is 0 Å². The zero-order valence-corrected chi connectivity index (χ0v) is 11.8. The number of hydrogen-bond donors (Lipinski definition) is 0. The molecule has 0 fully saturated rings. The van der Waals surface area contributed by atoms with E-state index in [-0.39, 0.29) is 0 Å². The Morgan fingerprint density at radius 1 is 0.706 bits per heavy atom. The Hall–Kier alpha value is -0.720. The minimum atomic E-state index is 0.715. The largest absolute Gasteiger partial charge is 0.497 e. The number of allylic oxidation sites excluding steroid dienone is 2. The van der Waals surface area contributed by atoms with Crippen LogP contribution in [0.2, 0.25) is 0 Å². The van der Waals surface area contributed by atoms with Gasteiger partial charge in [0, 0.05) is 0 Å². The molecule has 0 rings (SSSR count). The molecule has 0 aromatic carbocycles. The maximum atomic E-state index is 5.36. The fraction of sp³-hybridized carbons (Fsp3) is 0.750. The molecule has 0 atom stereocenters. The highest BCUT2D eigenvalue weighted by Crippen LogP contribution is 2.07. The Morgan fingerprint density at radius 2 is 1.47 bits per heavy atom. The Kier molecular flexibility index (Phi) is 14.6. The van der Waals surface area contributed by atoms with E-state index in [0.29, 0.717) is 6.61 Å². The highest BCUT2D eigenvalue weighted by Gasteiger charge is 1.87. The Bertz CT molecular complexity index is 182. The minimum absolute atomic E-state index is 0.715.